The molecule has 11 heavy (non-hydrogen) atoms. The summed E-state index contributed by atoms with van der Waals surface area (Å²) in [5.74, 6) is 1.31. The maximum Gasteiger partial charge on any atom is 0.108 e. The van der Waals surface area contributed by atoms with Gasteiger partial charge in [0.2, 0.25) is 0 Å². The Labute approximate surface area is 67.4 Å². The van der Waals surface area contributed by atoms with Gasteiger partial charge in [-0.3, -0.25) is 0 Å². The van der Waals surface area contributed by atoms with Crippen molar-refractivity contribution in [1.29, 1.82) is 0 Å². The van der Waals surface area contributed by atoms with Gasteiger partial charge in [-0.2, -0.15) is 0 Å². The van der Waals surface area contributed by atoms with Crippen LogP contribution in [0.3, 0.4) is 0 Å². The van der Waals surface area contributed by atoms with Crippen molar-refractivity contribution in [2.24, 2.45) is 5.73 Å². The number of hydrogen-bond donors (Lipinski definition) is 1. The molecule has 0 aliphatic rings. The van der Waals surface area contributed by atoms with Crippen LogP contribution < -0.4 is 5.73 Å². The van der Waals surface area contributed by atoms with Crippen LogP contribution in [0.25, 0.3) is 0 Å². The quantitative estimate of drug-likeness (QED) is 0.722. The number of hydrogen-bond acceptors (Lipinski definition) is 2. The van der Waals surface area contributed by atoms with Crippen LogP contribution in [0.15, 0.2) is 22.8 Å². The third-order valence-electron chi connectivity index (χ3n) is 2.11. The molecule has 2 nitrogen and oxygen atoms in total. The van der Waals surface area contributed by atoms with Crippen LogP contribution in [0.4, 0.5) is 0 Å². The lowest BCUT2D eigenvalue weighted by Gasteiger charge is -2.15. The maximum atomic E-state index is 5.85. The zero-order valence-corrected chi connectivity index (χ0v) is 7.08. The Morgan fingerprint density at radius 2 is 2.36 bits per heavy atom. The molecule has 1 heterocycles. The second-order valence-corrected chi connectivity index (χ2v) is 2.88. The number of furan rings is 1. The van der Waals surface area contributed by atoms with E-state index in [1.807, 2.05) is 12.1 Å². The van der Waals surface area contributed by atoms with Crippen LogP contribution >= 0.6 is 0 Å². The molecule has 1 rings (SSSR count). The highest BCUT2D eigenvalue weighted by atomic mass is 16.3. The molecule has 0 amide bonds. The average molecular weight is 153 g/mol. The van der Waals surface area contributed by atoms with E-state index in [9.17, 15) is 0 Å². The Hall–Kier alpha value is -0.760. The molecular weight excluding hydrogens is 138 g/mol. The molecular formula is C9H15NO. The van der Waals surface area contributed by atoms with Gasteiger partial charge >= 0.3 is 0 Å². The molecule has 2 N–H and O–H groups in total. The molecule has 0 spiro atoms. The van der Waals surface area contributed by atoms with Gasteiger partial charge in [-0.25, -0.2) is 0 Å². The lowest BCUT2D eigenvalue weighted by Crippen LogP contribution is -2.25. The van der Waals surface area contributed by atoms with E-state index in [1.165, 1.54) is 0 Å². The van der Waals surface area contributed by atoms with Gasteiger partial charge in [0.05, 0.1) is 6.26 Å². The lowest BCUT2D eigenvalue weighted by atomic mass is 9.98. The molecule has 2 heteroatoms. The number of nitrogens with two attached hydrogens (primary N) is 1. The first-order chi connectivity index (χ1) is 5.25. The fraction of sp³-hybridized carbons (Fsp3) is 0.556. The minimum absolute atomic E-state index is 0.209. The van der Waals surface area contributed by atoms with Gasteiger partial charge in [-0.15, -0.1) is 0 Å². The third-order valence-corrected chi connectivity index (χ3v) is 2.11. The summed E-state index contributed by atoms with van der Waals surface area (Å²) in [6.07, 6.45) is 2.68. The molecule has 0 aliphatic carbocycles. The van der Waals surface area contributed by atoms with Crippen LogP contribution in [0, 0.1) is 0 Å². The van der Waals surface area contributed by atoms with E-state index < -0.39 is 0 Å². The Bertz CT molecular complexity index is 193. The zero-order chi connectivity index (χ0) is 8.27. The van der Waals surface area contributed by atoms with Crippen LogP contribution in [0.1, 0.15) is 31.9 Å². The summed E-state index contributed by atoms with van der Waals surface area (Å²) in [6.45, 7) is 4.18. The number of rotatable bonds is 3. The summed E-state index contributed by atoms with van der Waals surface area (Å²) in [4.78, 5) is 0. The highest BCUT2D eigenvalue weighted by Crippen LogP contribution is 2.19. The summed E-state index contributed by atoms with van der Waals surface area (Å²) in [7, 11) is 0. The summed E-state index contributed by atoms with van der Waals surface area (Å²) in [5.41, 5.74) is 5.85. The van der Waals surface area contributed by atoms with Crippen molar-refractivity contribution in [2.75, 3.05) is 0 Å². The van der Waals surface area contributed by atoms with Crippen LogP contribution in [0.5, 0.6) is 0 Å². The Kier molecular flexibility index (Phi) is 2.71. The fourth-order valence-electron chi connectivity index (χ4n) is 1.11. The van der Waals surface area contributed by atoms with Gasteiger partial charge in [0.25, 0.3) is 0 Å². The smallest absolute Gasteiger partial charge is 0.108 e. The molecule has 0 fully saturated rings. The monoisotopic (exact) mass is 153 g/mol. The van der Waals surface area contributed by atoms with Crippen molar-refractivity contribution in [1.82, 2.24) is 0 Å². The van der Waals surface area contributed by atoms with Gasteiger partial charge in [0.1, 0.15) is 5.76 Å². The van der Waals surface area contributed by atoms with Crippen molar-refractivity contribution in [3.63, 3.8) is 0 Å². The molecule has 0 bridgehead atoms. The van der Waals surface area contributed by atoms with Crippen molar-refractivity contribution < 1.29 is 4.42 Å². The largest absolute Gasteiger partial charge is 0.469 e. The predicted molar refractivity (Wildman–Crippen MR) is 45.4 cm³/mol. The first-order valence-corrected chi connectivity index (χ1v) is 4.04. The van der Waals surface area contributed by atoms with Crippen LogP contribution in [0.2, 0.25) is 0 Å². The lowest BCUT2D eigenvalue weighted by molar-refractivity contribution is 0.428. The van der Waals surface area contributed by atoms with Crippen LogP contribution in [-0.4, -0.2) is 6.04 Å². The standard InChI is InChI=1S/C9H15NO/c1-3-8(10)7(2)9-5-4-6-11-9/h4-8H,3,10H2,1-2H3. The maximum absolute atomic E-state index is 5.85. The van der Waals surface area contributed by atoms with Gasteiger partial charge in [-0.05, 0) is 18.6 Å². The second-order valence-electron chi connectivity index (χ2n) is 2.88. The molecule has 0 aromatic carbocycles. The molecule has 2 unspecified atom stereocenters. The Morgan fingerprint density at radius 3 is 2.82 bits per heavy atom. The highest BCUT2D eigenvalue weighted by Gasteiger charge is 2.14. The molecule has 0 aliphatic heterocycles. The molecule has 1 aromatic heterocycles. The predicted octanol–water partition coefficient (Wildman–Crippen LogP) is 2.12. The third kappa shape index (κ3) is 1.84. The van der Waals surface area contributed by atoms with Crippen molar-refractivity contribution in [2.45, 2.75) is 32.2 Å². The Balaban J connectivity index is 2.62. The molecule has 1 aromatic rings. The van der Waals surface area contributed by atoms with E-state index in [0.717, 1.165) is 12.2 Å². The summed E-state index contributed by atoms with van der Waals surface area (Å²) in [5, 5.41) is 0. The Morgan fingerprint density at radius 1 is 1.64 bits per heavy atom. The second kappa shape index (κ2) is 3.58. The SMILES string of the molecule is CCC(N)C(C)c1ccco1. The van der Waals surface area contributed by atoms with E-state index in [-0.39, 0.29) is 6.04 Å². The summed E-state index contributed by atoms with van der Waals surface area (Å²) in [6, 6.07) is 4.08. The topological polar surface area (TPSA) is 39.2 Å². The first kappa shape index (κ1) is 8.34. The van der Waals surface area contributed by atoms with Gasteiger partial charge in [0.15, 0.2) is 0 Å². The first-order valence-electron chi connectivity index (χ1n) is 4.04. The molecule has 0 radical (unpaired) electrons. The van der Waals surface area contributed by atoms with E-state index >= 15 is 0 Å². The summed E-state index contributed by atoms with van der Waals surface area (Å²) >= 11 is 0. The molecule has 0 saturated carbocycles. The normalized spacial score (nSPS) is 16.3. The molecule has 0 saturated heterocycles. The van der Waals surface area contributed by atoms with E-state index in [2.05, 4.69) is 13.8 Å². The minimum atomic E-state index is 0.209. The van der Waals surface area contributed by atoms with Gasteiger partial charge in [-0.1, -0.05) is 13.8 Å². The van der Waals surface area contributed by atoms with E-state index in [0.29, 0.717) is 5.92 Å². The van der Waals surface area contributed by atoms with Crippen molar-refractivity contribution in [3.8, 4) is 0 Å². The van der Waals surface area contributed by atoms with E-state index in [1.54, 1.807) is 6.26 Å². The molecule has 62 valence electrons. The van der Waals surface area contributed by atoms with E-state index in [4.69, 9.17) is 10.2 Å². The average Bonchev–Trinajstić information content (AvgIpc) is 2.53. The minimum Gasteiger partial charge on any atom is -0.469 e. The molecule has 2 atom stereocenters. The fourth-order valence-corrected chi connectivity index (χ4v) is 1.11. The van der Waals surface area contributed by atoms with Crippen molar-refractivity contribution in [3.05, 3.63) is 24.2 Å². The highest BCUT2D eigenvalue weighted by molar-refractivity contribution is 5.06. The van der Waals surface area contributed by atoms with Crippen molar-refractivity contribution >= 4 is 0 Å². The van der Waals surface area contributed by atoms with Gasteiger partial charge < -0.3 is 10.2 Å². The van der Waals surface area contributed by atoms with Gasteiger partial charge in [0, 0.05) is 12.0 Å². The van der Waals surface area contributed by atoms with Crippen LogP contribution in [-0.2, 0) is 0 Å². The summed E-state index contributed by atoms with van der Waals surface area (Å²) < 4.78 is 5.24. The zero-order valence-electron chi connectivity index (χ0n) is 7.08.